The molecule has 0 aliphatic carbocycles. The summed E-state index contributed by atoms with van der Waals surface area (Å²) in [5.41, 5.74) is 1.41. The second-order valence-electron chi connectivity index (χ2n) is 4.76. The molecule has 0 fully saturated rings. The molecule has 2 atom stereocenters. The lowest BCUT2D eigenvalue weighted by molar-refractivity contribution is 0.377. The van der Waals surface area contributed by atoms with Gasteiger partial charge in [0.2, 0.25) is 0 Å². The first-order valence-corrected chi connectivity index (χ1v) is 8.25. The van der Waals surface area contributed by atoms with Gasteiger partial charge < -0.3 is 9.73 Å². The minimum absolute atomic E-state index is 0.215. The van der Waals surface area contributed by atoms with Gasteiger partial charge in [-0.1, -0.05) is 18.2 Å². The zero-order chi connectivity index (χ0) is 13.2. The van der Waals surface area contributed by atoms with Crippen LogP contribution in [0.4, 0.5) is 0 Å². The fraction of sp³-hybridized carbons (Fsp3) is 0.333. The van der Waals surface area contributed by atoms with Gasteiger partial charge in [0.1, 0.15) is 5.76 Å². The fourth-order valence-corrected chi connectivity index (χ4v) is 3.90. The average Bonchev–Trinajstić information content (AvgIpc) is 2.86. The highest BCUT2D eigenvalue weighted by molar-refractivity contribution is 9.10. The van der Waals surface area contributed by atoms with E-state index in [0.717, 1.165) is 16.9 Å². The van der Waals surface area contributed by atoms with E-state index < -0.39 is 0 Å². The molecule has 1 aliphatic rings. The number of furan rings is 1. The first kappa shape index (κ1) is 13.3. The number of hydrogen-bond acceptors (Lipinski definition) is 3. The first-order chi connectivity index (χ1) is 9.24. The largest absolute Gasteiger partial charge is 0.453 e. The zero-order valence-electron chi connectivity index (χ0n) is 10.7. The molecule has 3 rings (SSSR count). The number of rotatable bonds is 3. The van der Waals surface area contributed by atoms with Crippen LogP contribution in [0, 0.1) is 0 Å². The summed E-state index contributed by atoms with van der Waals surface area (Å²) in [4.78, 5) is 1.40. The maximum atomic E-state index is 5.62. The predicted octanol–water partition coefficient (Wildman–Crippen LogP) is 4.93. The van der Waals surface area contributed by atoms with Crippen molar-refractivity contribution in [3.8, 4) is 0 Å². The van der Waals surface area contributed by atoms with Crippen molar-refractivity contribution in [3.63, 3.8) is 0 Å². The summed E-state index contributed by atoms with van der Waals surface area (Å²) in [6.07, 6.45) is 1.16. The number of thioether (sulfide) groups is 1. The highest BCUT2D eigenvalue weighted by Crippen LogP contribution is 2.37. The molecule has 19 heavy (non-hydrogen) atoms. The van der Waals surface area contributed by atoms with Crippen molar-refractivity contribution in [3.05, 3.63) is 52.4 Å². The van der Waals surface area contributed by atoms with Gasteiger partial charge in [-0.25, -0.2) is 0 Å². The van der Waals surface area contributed by atoms with Crippen LogP contribution in [0.1, 0.15) is 36.8 Å². The quantitative estimate of drug-likeness (QED) is 0.859. The Morgan fingerprint density at radius 1 is 1.32 bits per heavy atom. The summed E-state index contributed by atoms with van der Waals surface area (Å²) in [5, 5.41) is 3.68. The Bertz CT molecular complexity index is 569. The normalized spacial score (nSPS) is 20.0. The van der Waals surface area contributed by atoms with Gasteiger partial charge in [0.25, 0.3) is 0 Å². The van der Waals surface area contributed by atoms with Crippen LogP contribution >= 0.6 is 27.7 Å². The number of halogens is 1. The second-order valence-corrected chi connectivity index (χ2v) is 6.68. The lowest BCUT2D eigenvalue weighted by Crippen LogP contribution is -2.27. The second kappa shape index (κ2) is 5.73. The highest BCUT2D eigenvalue weighted by Gasteiger charge is 2.22. The maximum absolute atomic E-state index is 5.62. The molecule has 2 unspecified atom stereocenters. The highest BCUT2D eigenvalue weighted by atomic mass is 79.9. The lowest BCUT2D eigenvalue weighted by Gasteiger charge is -2.28. The number of fused-ring (bicyclic) bond motifs is 1. The minimum atomic E-state index is 0.215. The molecule has 1 aromatic carbocycles. The monoisotopic (exact) mass is 337 g/mol. The summed E-state index contributed by atoms with van der Waals surface area (Å²) in [5.74, 6) is 2.14. The molecule has 1 aromatic heterocycles. The van der Waals surface area contributed by atoms with Gasteiger partial charge in [0.05, 0.1) is 6.04 Å². The molecule has 2 nitrogen and oxygen atoms in total. The molecule has 100 valence electrons. The van der Waals surface area contributed by atoms with E-state index in [4.69, 9.17) is 4.42 Å². The van der Waals surface area contributed by atoms with Gasteiger partial charge in [-0.3, -0.25) is 0 Å². The van der Waals surface area contributed by atoms with Gasteiger partial charge in [-0.2, -0.15) is 0 Å². The van der Waals surface area contributed by atoms with Crippen molar-refractivity contribution in [2.24, 2.45) is 0 Å². The van der Waals surface area contributed by atoms with Gasteiger partial charge in [0.15, 0.2) is 4.67 Å². The third-order valence-electron chi connectivity index (χ3n) is 3.43. The third kappa shape index (κ3) is 2.91. The number of nitrogens with one attached hydrogen (secondary N) is 1. The van der Waals surface area contributed by atoms with Gasteiger partial charge in [0, 0.05) is 10.9 Å². The van der Waals surface area contributed by atoms with E-state index in [1.807, 2.05) is 23.9 Å². The van der Waals surface area contributed by atoms with Crippen molar-refractivity contribution < 1.29 is 4.42 Å². The Balaban J connectivity index is 1.77. The lowest BCUT2D eigenvalue weighted by atomic mass is 10.0. The Morgan fingerprint density at radius 3 is 2.95 bits per heavy atom. The average molecular weight is 338 g/mol. The van der Waals surface area contributed by atoms with E-state index in [0.29, 0.717) is 6.04 Å². The molecule has 0 spiro atoms. The fourth-order valence-electron chi connectivity index (χ4n) is 2.46. The Hall–Kier alpha value is -0.710. The summed E-state index contributed by atoms with van der Waals surface area (Å²) >= 11 is 5.30. The molecule has 0 saturated carbocycles. The van der Waals surface area contributed by atoms with E-state index in [1.54, 1.807) is 0 Å². The van der Waals surface area contributed by atoms with E-state index >= 15 is 0 Å². The van der Waals surface area contributed by atoms with Crippen LogP contribution < -0.4 is 5.32 Å². The summed E-state index contributed by atoms with van der Waals surface area (Å²) in [7, 11) is 0. The first-order valence-electron chi connectivity index (χ1n) is 6.47. The molecular formula is C15H16BrNOS. The Labute approximate surface area is 126 Å². The van der Waals surface area contributed by atoms with Crippen LogP contribution in [0.2, 0.25) is 0 Å². The van der Waals surface area contributed by atoms with Crippen LogP contribution in [0.25, 0.3) is 0 Å². The van der Waals surface area contributed by atoms with Crippen LogP contribution in [-0.2, 0) is 0 Å². The van der Waals surface area contributed by atoms with Crippen LogP contribution in [0.5, 0.6) is 0 Å². The molecule has 1 N–H and O–H groups in total. The van der Waals surface area contributed by atoms with E-state index in [1.165, 1.54) is 16.2 Å². The van der Waals surface area contributed by atoms with Crippen molar-refractivity contribution in [2.45, 2.75) is 30.3 Å². The predicted molar refractivity (Wildman–Crippen MR) is 82.5 cm³/mol. The third-order valence-corrected chi connectivity index (χ3v) is 4.98. The zero-order valence-corrected chi connectivity index (χ0v) is 13.1. The Morgan fingerprint density at radius 2 is 2.16 bits per heavy atom. The molecule has 0 amide bonds. The maximum Gasteiger partial charge on any atom is 0.169 e. The number of benzene rings is 1. The molecule has 1 aliphatic heterocycles. The standard InChI is InChI=1S/C15H16BrNOS/c1-10(13-6-7-15(16)18-13)17-12-8-9-19-14-5-3-2-4-11(12)14/h2-7,10,12,17H,8-9H2,1H3. The summed E-state index contributed by atoms with van der Waals surface area (Å²) < 4.78 is 6.41. The SMILES string of the molecule is CC(NC1CCSc2ccccc21)c1ccc(Br)o1. The molecule has 0 bridgehead atoms. The molecule has 2 heterocycles. The molecule has 0 radical (unpaired) electrons. The van der Waals surface area contributed by atoms with Crippen LogP contribution in [0.15, 0.2) is 50.4 Å². The van der Waals surface area contributed by atoms with E-state index in [2.05, 4.69) is 52.4 Å². The van der Waals surface area contributed by atoms with Crippen LogP contribution in [0.3, 0.4) is 0 Å². The Kier molecular flexibility index (Phi) is 4.01. The van der Waals surface area contributed by atoms with Crippen molar-refractivity contribution in [2.75, 3.05) is 5.75 Å². The molecule has 0 saturated heterocycles. The smallest absolute Gasteiger partial charge is 0.169 e. The van der Waals surface area contributed by atoms with E-state index in [-0.39, 0.29) is 6.04 Å². The minimum Gasteiger partial charge on any atom is -0.453 e. The summed E-state index contributed by atoms with van der Waals surface area (Å²) in [6, 6.07) is 13.3. The van der Waals surface area contributed by atoms with Gasteiger partial charge in [-0.05, 0) is 58.8 Å². The molecular weight excluding hydrogens is 322 g/mol. The van der Waals surface area contributed by atoms with Crippen LogP contribution in [-0.4, -0.2) is 5.75 Å². The van der Waals surface area contributed by atoms with E-state index in [9.17, 15) is 0 Å². The summed E-state index contributed by atoms with van der Waals surface area (Å²) in [6.45, 7) is 2.15. The van der Waals surface area contributed by atoms with Crippen molar-refractivity contribution >= 4 is 27.7 Å². The van der Waals surface area contributed by atoms with Gasteiger partial charge >= 0.3 is 0 Å². The topological polar surface area (TPSA) is 25.2 Å². The molecule has 4 heteroatoms. The van der Waals surface area contributed by atoms with Crippen molar-refractivity contribution in [1.82, 2.24) is 5.32 Å². The van der Waals surface area contributed by atoms with Gasteiger partial charge in [-0.15, -0.1) is 11.8 Å². The van der Waals surface area contributed by atoms with Crippen molar-refractivity contribution in [1.29, 1.82) is 0 Å². The number of hydrogen-bond donors (Lipinski definition) is 1. The molecule has 2 aromatic rings.